The summed E-state index contributed by atoms with van der Waals surface area (Å²) in [6.07, 6.45) is 1.68. The number of nitrogens with one attached hydrogen (secondary N) is 1. The average Bonchev–Trinajstić information content (AvgIpc) is 2.78. The van der Waals surface area contributed by atoms with Crippen LogP contribution in [0.15, 0.2) is 64.2 Å². The van der Waals surface area contributed by atoms with E-state index in [2.05, 4.69) is 32.5 Å². The van der Waals surface area contributed by atoms with Gasteiger partial charge in [0.05, 0.1) is 35.5 Å². The third kappa shape index (κ3) is 6.39. The lowest BCUT2D eigenvalue weighted by Crippen LogP contribution is -2.07. The Kier molecular flexibility index (Phi) is 8.81. The monoisotopic (exact) mass is 531 g/mol. The van der Waals surface area contributed by atoms with Gasteiger partial charge in [-0.2, -0.15) is 10.4 Å². The number of nitrogens with zero attached hydrogens (tertiary/aromatic N) is 2. The van der Waals surface area contributed by atoms with Crippen LogP contribution in [-0.4, -0.2) is 12.8 Å². The maximum Gasteiger partial charge on any atom is 0.175 e. The molecule has 0 spiro atoms. The van der Waals surface area contributed by atoms with Crippen molar-refractivity contribution in [2.24, 2.45) is 5.10 Å². The molecule has 3 aromatic carbocycles. The molecule has 5 nitrogen and oxygen atoms in total. The lowest BCUT2D eigenvalue weighted by molar-refractivity contribution is 0.267. The first-order valence-corrected chi connectivity index (χ1v) is 11.3. The predicted molar refractivity (Wildman–Crippen MR) is 132 cm³/mol. The zero-order valence-electron chi connectivity index (χ0n) is 17.2. The van der Waals surface area contributed by atoms with Gasteiger partial charge in [0.2, 0.25) is 0 Å². The molecule has 3 aromatic rings. The van der Waals surface area contributed by atoms with Crippen LogP contribution in [0.3, 0.4) is 0 Å². The first-order chi connectivity index (χ1) is 15.5. The van der Waals surface area contributed by atoms with Crippen LogP contribution in [0.25, 0.3) is 0 Å². The van der Waals surface area contributed by atoms with Crippen LogP contribution in [0, 0.1) is 11.3 Å². The lowest BCUT2D eigenvalue weighted by Gasteiger charge is -2.15. The average molecular weight is 533 g/mol. The largest absolute Gasteiger partial charge is 0.490 e. The van der Waals surface area contributed by atoms with Crippen molar-refractivity contribution in [2.45, 2.75) is 20.1 Å². The Morgan fingerprint density at radius 2 is 1.81 bits per heavy atom. The summed E-state index contributed by atoms with van der Waals surface area (Å²) in [5, 5.41) is 14.4. The second kappa shape index (κ2) is 11.8. The van der Waals surface area contributed by atoms with E-state index in [0.29, 0.717) is 46.9 Å². The minimum absolute atomic E-state index is 0.345. The van der Waals surface area contributed by atoms with Gasteiger partial charge in [-0.15, -0.1) is 0 Å². The topological polar surface area (TPSA) is 66.6 Å². The molecule has 0 heterocycles. The van der Waals surface area contributed by atoms with Crippen LogP contribution in [0.1, 0.15) is 29.2 Å². The molecule has 0 aliphatic carbocycles. The molecule has 0 aliphatic heterocycles. The fourth-order valence-electron chi connectivity index (χ4n) is 2.84. The van der Waals surface area contributed by atoms with Crippen LogP contribution in [-0.2, 0) is 13.2 Å². The highest BCUT2D eigenvalue weighted by Crippen LogP contribution is 2.37. The molecule has 0 aliphatic rings. The molecular formula is C24H20BrCl2N3O2. The maximum atomic E-state index is 8.92. The molecule has 3 rings (SSSR count). The quantitative estimate of drug-likeness (QED) is 0.245. The fraction of sp³-hybridized carbons (Fsp3) is 0.167. The molecule has 0 saturated heterocycles. The van der Waals surface area contributed by atoms with Gasteiger partial charge in [-0.1, -0.05) is 41.4 Å². The molecule has 0 aromatic heterocycles. The van der Waals surface area contributed by atoms with E-state index in [1.165, 1.54) is 0 Å². The van der Waals surface area contributed by atoms with Crippen molar-refractivity contribution in [2.75, 3.05) is 6.61 Å². The summed E-state index contributed by atoms with van der Waals surface area (Å²) >= 11 is 15.9. The van der Waals surface area contributed by atoms with Crippen molar-refractivity contribution < 1.29 is 9.47 Å². The molecule has 0 radical (unpaired) electrons. The number of halogens is 3. The first-order valence-electron chi connectivity index (χ1n) is 9.78. The standard InChI is InChI=1S/C24H20BrCl2N3O2/c1-2-31-23-11-18(13-29-30-14-19-21(26)4-3-5-22(19)27)10-20(25)24(23)32-15-17-8-6-16(12-28)7-9-17/h3-11,13,30H,2,14-15H2,1H3/b29-13+. The third-order valence-electron chi connectivity index (χ3n) is 4.42. The summed E-state index contributed by atoms with van der Waals surface area (Å²) in [6, 6.07) is 18.5. The fourth-order valence-corrected chi connectivity index (χ4v) is 3.95. The first kappa shape index (κ1) is 23.9. The van der Waals surface area contributed by atoms with Crippen molar-refractivity contribution >= 4 is 45.3 Å². The van der Waals surface area contributed by atoms with Crippen molar-refractivity contribution in [3.8, 4) is 17.6 Å². The number of rotatable bonds is 9. The van der Waals surface area contributed by atoms with Crippen LogP contribution in [0.2, 0.25) is 10.0 Å². The number of benzene rings is 3. The number of hydrogen-bond donors (Lipinski definition) is 1. The predicted octanol–water partition coefficient (Wildman–Crippen LogP) is 6.73. The van der Waals surface area contributed by atoms with Gasteiger partial charge in [-0.25, -0.2) is 0 Å². The summed E-state index contributed by atoms with van der Waals surface area (Å²) in [4.78, 5) is 0. The molecule has 1 N–H and O–H groups in total. The van der Waals surface area contributed by atoms with Crippen molar-refractivity contribution in [1.29, 1.82) is 5.26 Å². The van der Waals surface area contributed by atoms with Gasteiger partial charge >= 0.3 is 0 Å². The summed E-state index contributed by atoms with van der Waals surface area (Å²) in [5.74, 6) is 1.20. The summed E-state index contributed by atoms with van der Waals surface area (Å²) in [5.41, 5.74) is 6.13. The van der Waals surface area contributed by atoms with E-state index in [1.54, 1.807) is 36.5 Å². The Labute approximate surface area is 205 Å². The molecule has 0 amide bonds. The number of nitriles is 1. The van der Waals surface area contributed by atoms with Crippen LogP contribution >= 0.6 is 39.1 Å². The van der Waals surface area contributed by atoms with E-state index in [9.17, 15) is 0 Å². The summed E-state index contributed by atoms with van der Waals surface area (Å²) < 4.78 is 12.5. The van der Waals surface area contributed by atoms with E-state index < -0.39 is 0 Å². The van der Waals surface area contributed by atoms with E-state index in [4.69, 9.17) is 37.9 Å². The minimum atomic E-state index is 0.345. The zero-order valence-corrected chi connectivity index (χ0v) is 20.3. The molecule has 8 heteroatoms. The number of hydrazone groups is 1. The molecule has 0 fully saturated rings. The summed E-state index contributed by atoms with van der Waals surface area (Å²) in [7, 11) is 0. The van der Waals surface area contributed by atoms with Gasteiger partial charge in [0, 0.05) is 15.6 Å². The highest BCUT2D eigenvalue weighted by atomic mass is 79.9. The maximum absolute atomic E-state index is 8.92. The molecule has 0 bridgehead atoms. The Morgan fingerprint density at radius 3 is 2.47 bits per heavy atom. The van der Waals surface area contributed by atoms with Crippen LogP contribution < -0.4 is 14.9 Å². The minimum Gasteiger partial charge on any atom is -0.490 e. The van der Waals surface area contributed by atoms with Gasteiger partial charge < -0.3 is 14.9 Å². The molecule has 0 unspecified atom stereocenters. The highest BCUT2D eigenvalue weighted by Gasteiger charge is 2.12. The molecular weight excluding hydrogens is 513 g/mol. The smallest absolute Gasteiger partial charge is 0.175 e. The van der Waals surface area contributed by atoms with Gasteiger partial charge in [-0.3, -0.25) is 0 Å². The molecule has 164 valence electrons. The van der Waals surface area contributed by atoms with Crippen molar-refractivity contribution in [1.82, 2.24) is 5.43 Å². The van der Waals surface area contributed by atoms with Crippen LogP contribution in [0.4, 0.5) is 0 Å². The van der Waals surface area contributed by atoms with E-state index in [0.717, 1.165) is 21.2 Å². The zero-order chi connectivity index (χ0) is 22.9. The Hall–Kier alpha value is -2.72. The normalized spacial score (nSPS) is 10.7. The van der Waals surface area contributed by atoms with Gasteiger partial charge in [0.25, 0.3) is 0 Å². The van der Waals surface area contributed by atoms with E-state index >= 15 is 0 Å². The molecule has 0 atom stereocenters. The van der Waals surface area contributed by atoms with Gasteiger partial charge in [0.1, 0.15) is 6.61 Å². The Bertz CT molecular complexity index is 1120. The highest BCUT2D eigenvalue weighted by molar-refractivity contribution is 9.10. The second-order valence-electron chi connectivity index (χ2n) is 6.65. The van der Waals surface area contributed by atoms with Crippen molar-refractivity contribution in [3.63, 3.8) is 0 Å². The van der Waals surface area contributed by atoms with E-state index in [-0.39, 0.29) is 0 Å². The molecule has 32 heavy (non-hydrogen) atoms. The Balaban J connectivity index is 1.70. The lowest BCUT2D eigenvalue weighted by atomic mass is 10.1. The van der Waals surface area contributed by atoms with Crippen molar-refractivity contribution in [3.05, 3.63) is 91.4 Å². The summed E-state index contributed by atoms with van der Waals surface area (Å²) in [6.45, 7) is 3.15. The number of hydrogen-bond acceptors (Lipinski definition) is 5. The van der Waals surface area contributed by atoms with E-state index in [1.807, 2.05) is 31.2 Å². The molecule has 0 saturated carbocycles. The number of ether oxygens (including phenoxy) is 2. The van der Waals surface area contributed by atoms with Gasteiger partial charge in [0.15, 0.2) is 11.5 Å². The SMILES string of the molecule is CCOc1cc(/C=N/NCc2c(Cl)cccc2Cl)cc(Br)c1OCc1ccc(C#N)cc1. The second-order valence-corrected chi connectivity index (χ2v) is 8.32. The van der Waals surface area contributed by atoms with Gasteiger partial charge in [-0.05, 0) is 70.4 Å². The third-order valence-corrected chi connectivity index (χ3v) is 5.72. The Morgan fingerprint density at radius 1 is 1.09 bits per heavy atom. The van der Waals surface area contributed by atoms with Crippen LogP contribution in [0.5, 0.6) is 11.5 Å².